The zero-order valence-electron chi connectivity index (χ0n) is 8.57. The van der Waals surface area contributed by atoms with E-state index in [1.54, 1.807) is 0 Å². The topological polar surface area (TPSA) is 66.8 Å². The van der Waals surface area contributed by atoms with Crippen LogP contribution in [0.25, 0.3) is 0 Å². The average Bonchev–Trinajstić information content (AvgIpc) is 1.35. The van der Waals surface area contributed by atoms with Gasteiger partial charge < -0.3 is 19.7 Å². The first-order valence-electron chi connectivity index (χ1n) is 1.17. The first kappa shape index (κ1) is 16.8. The summed E-state index contributed by atoms with van der Waals surface area (Å²) in [5.41, 5.74) is 0. The molecular formula is H9CaMgO4PSi. The first-order valence-corrected chi connectivity index (χ1v) is 3.52. The average molecular weight is 197 g/mol. The van der Waals surface area contributed by atoms with Gasteiger partial charge in [0.15, 0.2) is 10.5 Å². The van der Waals surface area contributed by atoms with Crippen LogP contribution in [0.15, 0.2) is 0 Å². The van der Waals surface area contributed by atoms with Crippen LogP contribution < -0.4 is 0 Å². The fraction of sp³-hybridized carbons (Fsp3) is 0. The van der Waals surface area contributed by atoms with Crippen molar-refractivity contribution in [3.05, 3.63) is 0 Å². The van der Waals surface area contributed by atoms with Crippen LogP contribution in [0.5, 0.6) is 0 Å². The van der Waals surface area contributed by atoms with Gasteiger partial charge in [0.1, 0.15) is 0 Å². The van der Waals surface area contributed by atoms with Crippen LogP contribution in [-0.4, -0.2) is 81.1 Å². The Morgan fingerprint density at radius 1 is 1.62 bits per heavy atom. The minimum Gasteiger partial charge on any atom is -1.00 e. The molecule has 8 heteroatoms. The molecule has 0 aromatic heterocycles. The molecule has 0 radical (unpaired) electrons. The van der Waals surface area contributed by atoms with Crippen molar-refractivity contribution in [3.8, 4) is 0 Å². The smallest absolute Gasteiger partial charge is 1.00 e. The third kappa shape index (κ3) is 15.8. The fourth-order valence-electron chi connectivity index (χ4n) is 0. The van der Waals surface area contributed by atoms with E-state index in [-0.39, 0.29) is 77.0 Å². The minimum absolute atomic E-state index is 0. The Balaban J connectivity index is -0.00000000833. The van der Waals surface area contributed by atoms with Gasteiger partial charge in [-0.15, -0.1) is 0 Å². The molecule has 0 spiro atoms. The number of hydrogen-bond donors (Lipinski definition) is 2. The Morgan fingerprint density at radius 2 is 1.75 bits per heavy atom. The summed E-state index contributed by atoms with van der Waals surface area (Å²) in [5, 5.41) is 0. The van der Waals surface area contributed by atoms with Gasteiger partial charge in [0.2, 0.25) is 0 Å². The van der Waals surface area contributed by atoms with E-state index in [0.717, 1.165) is 0 Å². The molecule has 0 aliphatic carbocycles. The van der Waals surface area contributed by atoms with E-state index in [1.807, 2.05) is 0 Å². The Morgan fingerprint density at radius 3 is 1.75 bits per heavy atom. The molecular weight excluding hydrogens is 187 g/mol. The molecule has 0 aliphatic heterocycles. The molecule has 0 unspecified atom stereocenters. The van der Waals surface area contributed by atoms with E-state index in [0.29, 0.717) is 0 Å². The summed E-state index contributed by atoms with van der Waals surface area (Å²) in [4.78, 5) is 15.5. The van der Waals surface area contributed by atoms with Crippen molar-refractivity contribution in [2.24, 2.45) is 0 Å². The van der Waals surface area contributed by atoms with Crippen molar-refractivity contribution >= 4 is 79.1 Å². The summed E-state index contributed by atoms with van der Waals surface area (Å²) in [5.74, 6) is 0. The second-order valence-electron chi connectivity index (χ2n) is 0.673. The molecule has 46 valence electrons. The molecule has 0 saturated heterocycles. The summed E-state index contributed by atoms with van der Waals surface area (Å²) in [6.07, 6.45) is 0. The summed E-state index contributed by atoms with van der Waals surface area (Å²) >= 11 is 0. The number of rotatable bonds is 1. The SMILES string of the molecule is O=P(O)(O)O[SiH3].[Ca+2].[H-].[H-].[H-].[H-].[Mg+2]. The van der Waals surface area contributed by atoms with E-state index in [2.05, 4.69) is 4.21 Å². The molecule has 0 aliphatic rings. The maximum absolute atomic E-state index is 9.51. The van der Waals surface area contributed by atoms with Crippen molar-refractivity contribution in [1.29, 1.82) is 0 Å². The van der Waals surface area contributed by atoms with Gasteiger partial charge >= 0.3 is 68.6 Å². The van der Waals surface area contributed by atoms with E-state index in [9.17, 15) is 4.57 Å². The molecule has 0 rings (SSSR count). The zero-order valence-corrected chi connectivity index (χ0v) is 11.1. The van der Waals surface area contributed by atoms with Gasteiger partial charge in [-0.2, -0.15) is 0 Å². The zero-order chi connectivity index (χ0) is 5.21. The molecule has 0 fully saturated rings. The van der Waals surface area contributed by atoms with Crippen molar-refractivity contribution in [1.82, 2.24) is 0 Å². The molecule has 2 N–H and O–H groups in total. The third-order valence-corrected chi connectivity index (χ3v) is 2.14. The minimum atomic E-state index is -4.08. The van der Waals surface area contributed by atoms with Crippen LogP contribution >= 0.6 is 7.82 Å². The van der Waals surface area contributed by atoms with Crippen molar-refractivity contribution < 1.29 is 24.3 Å². The van der Waals surface area contributed by atoms with Gasteiger partial charge in [-0.05, 0) is 0 Å². The predicted octanol–water partition coefficient (Wildman–Crippen LogP) is -1.94. The van der Waals surface area contributed by atoms with Gasteiger partial charge in [0, 0.05) is 0 Å². The first-order chi connectivity index (χ1) is 2.56. The van der Waals surface area contributed by atoms with Gasteiger partial charge in [-0.3, -0.25) is 0 Å². The van der Waals surface area contributed by atoms with Crippen LogP contribution in [0.2, 0.25) is 0 Å². The van der Waals surface area contributed by atoms with E-state index in [1.165, 1.54) is 0 Å². The molecule has 0 heterocycles. The molecule has 0 aromatic rings. The van der Waals surface area contributed by atoms with Crippen molar-refractivity contribution in [2.45, 2.75) is 0 Å². The van der Waals surface area contributed by atoms with Gasteiger partial charge in [-0.25, -0.2) is 4.57 Å². The van der Waals surface area contributed by atoms with Crippen LogP contribution in [0.4, 0.5) is 0 Å². The third-order valence-electron chi connectivity index (χ3n) is 0.238. The van der Waals surface area contributed by atoms with Crippen LogP contribution in [0, 0.1) is 0 Å². The molecule has 0 amide bonds. The van der Waals surface area contributed by atoms with Crippen molar-refractivity contribution in [2.75, 3.05) is 0 Å². The maximum atomic E-state index is 9.51. The second kappa shape index (κ2) is 7.46. The summed E-state index contributed by atoms with van der Waals surface area (Å²) in [6.45, 7) is 0. The standard InChI is InChI=1S/Ca.Mg.H5O4PSi.4H/c;;1-5(2,3)4-6;;;;/h;;6H3,(H2,1,2,3);;;;/q2*+2;;4*-1. The maximum Gasteiger partial charge on any atom is 2.00 e. The number of hydrogen-bond acceptors (Lipinski definition) is 2. The van der Waals surface area contributed by atoms with Gasteiger partial charge in [0.05, 0.1) is 0 Å². The molecule has 0 saturated carbocycles. The molecule has 0 atom stereocenters. The van der Waals surface area contributed by atoms with E-state index in [4.69, 9.17) is 9.79 Å². The Kier molecular flexibility index (Phi) is 15.6. The fourth-order valence-corrected chi connectivity index (χ4v) is 0. The monoisotopic (exact) mass is 196 g/mol. The second-order valence-corrected chi connectivity index (χ2v) is 3.11. The Hall–Kier alpha value is 2.35. The summed E-state index contributed by atoms with van der Waals surface area (Å²) in [7, 11) is -4.00. The van der Waals surface area contributed by atoms with Gasteiger partial charge in [0.25, 0.3) is 0 Å². The molecule has 4 nitrogen and oxygen atoms in total. The van der Waals surface area contributed by atoms with Crippen LogP contribution in [0.1, 0.15) is 5.71 Å². The van der Waals surface area contributed by atoms with Crippen LogP contribution in [-0.2, 0) is 8.78 Å². The molecule has 0 bridgehead atoms. The van der Waals surface area contributed by atoms with E-state index < -0.39 is 7.82 Å². The normalized spacial score (nSPS) is 9.25. The quantitative estimate of drug-likeness (QED) is 0.379. The Bertz CT molecular complexity index is 91.1. The predicted molar refractivity (Wildman–Crippen MR) is 39.0 cm³/mol. The van der Waals surface area contributed by atoms with Gasteiger partial charge in [-0.1, -0.05) is 0 Å². The Labute approximate surface area is 102 Å². The van der Waals surface area contributed by atoms with Crippen molar-refractivity contribution in [3.63, 3.8) is 0 Å². The molecule has 8 heavy (non-hydrogen) atoms. The molecule has 0 aromatic carbocycles. The summed E-state index contributed by atoms with van der Waals surface area (Å²) < 4.78 is 13.2. The van der Waals surface area contributed by atoms with Crippen LogP contribution in [0.3, 0.4) is 0 Å². The summed E-state index contributed by atoms with van der Waals surface area (Å²) in [6, 6.07) is 0. The van der Waals surface area contributed by atoms with E-state index >= 15 is 0 Å². The largest absolute Gasteiger partial charge is 2.00 e. The number of phosphoric acid groups is 1.